The molecule has 1 atom stereocenters. The summed E-state index contributed by atoms with van der Waals surface area (Å²) in [6.45, 7) is 1.15. The first-order valence-electron chi connectivity index (χ1n) is 5.28. The molecule has 86 valence electrons. The summed E-state index contributed by atoms with van der Waals surface area (Å²) in [5.74, 6) is 0.639. The lowest BCUT2D eigenvalue weighted by atomic mass is 9.96. The van der Waals surface area contributed by atoms with Crippen molar-refractivity contribution in [3.8, 4) is 5.75 Å². The molecule has 4 nitrogen and oxygen atoms in total. The molecule has 1 aromatic carbocycles. The van der Waals surface area contributed by atoms with Gasteiger partial charge in [0, 0.05) is 23.8 Å². The van der Waals surface area contributed by atoms with Gasteiger partial charge in [0.25, 0.3) is 0 Å². The Hall–Kier alpha value is -1.55. The lowest BCUT2D eigenvalue weighted by Crippen LogP contribution is -2.16. The maximum Gasteiger partial charge on any atom is 0.170 e. The number of anilines is 1. The Kier molecular flexibility index (Phi) is 3.10. The highest BCUT2D eigenvalue weighted by Gasteiger charge is 2.26. The van der Waals surface area contributed by atoms with Gasteiger partial charge in [0.2, 0.25) is 0 Å². The van der Waals surface area contributed by atoms with Crippen LogP contribution in [0.1, 0.15) is 16.8 Å². The van der Waals surface area contributed by atoms with Crippen molar-refractivity contribution < 1.29 is 14.3 Å². The van der Waals surface area contributed by atoms with Crippen LogP contribution in [0, 0.1) is 5.92 Å². The van der Waals surface area contributed by atoms with Gasteiger partial charge in [0.15, 0.2) is 5.78 Å². The fourth-order valence-corrected chi connectivity index (χ4v) is 1.84. The van der Waals surface area contributed by atoms with E-state index in [2.05, 4.69) is 0 Å². The highest BCUT2D eigenvalue weighted by molar-refractivity contribution is 6.02. The Morgan fingerprint density at radius 2 is 2.38 bits per heavy atom. The summed E-state index contributed by atoms with van der Waals surface area (Å²) in [6.07, 6.45) is 0.773. The van der Waals surface area contributed by atoms with E-state index < -0.39 is 0 Å². The molecule has 0 radical (unpaired) electrons. The minimum atomic E-state index is -0.0607. The van der Waals surface area contributed by atoms with E-state index in [0.29, 0.717) is 30.2 Å². The summed E-state index contributed by atoms with van der Waals surface area (Å²) in [5, 5.41) is 0. The minimum Gasteiger partial charge on any atom is -0.497 e. The van der Waals surface area contributed by atoms with Crippen LogP contribution in [0.5, 0.6) is 5.75 Å². The van der Waals surface area contributed by atoms with Crippen molar-refractivity contribution in [1.82, 2.24) is 0 Å². The van der Waals surface area contributed by atoms with Crippen molar-refractivity contribution in [3.63, 3.8) is 0 Å². The number of nitrogens with two attached hydrogens (primary N) is 1. The number of hydrogen-bond donors (Lipinski definition) is 1. The second-order valence-corrected chi connectivity index (χ2v) is 3.88. The molecule has 0 bridgehead atoms. The molecule has 16 heavy (non-hydrogen) atoms. The first-order chi connectivity index (χ1) is 7.72. The van der Waals surface area contributed by atoms with Crippen LogP contribution in [-0.2, 0) is 4.74 Å². The van der Waals surface area contributed by atoms with Gasteiger partial charge < -0.3 is 15.2 Å². The molecule has 1 aliphatic rings. The van der Waals surface area contributed by atoms with Crippen molar-refractivity contribution in [2.45, 2.75) is 6.42 Å². The van der Waals surface area contributed by atoms with Gasteiger partial charge in [-0.1, -0.05) is 0 Å². The van der Waals surface area contributed by atoms with Crippen molar-refractivity contribution in [3.05, 3.63) is 23.8 Å². The summed E-state index contributed by atoms with van der Waals surface area (Å²) in [5.41, 5.74) is 6.83. The maximum atomic E-state index is 12.1. The van der Waals surface area contributed by atoms with Crippen molar-refractivity contribution in [2.24, 2.45) is 5.92 Å². The average molecular weight is 221 g/mol. The number of ether oxygens (including phenoxy) is 2. The summed E-state index contributed by atoms with van der Waals surface area (Å²) in [6, 6.07) is 5.13. The molecule has 0 saturated carbocycles. The lowest BCUT2D eigenvalue weighted by molar-refractivity contribution is 0.0901. The number of methoxy groups -OCH3 is 1. The zero-order chi connectivity index (χ0) is 11.5. The van der Waals surface area contributed by atoms with Gasteiger partial charge in [-0.25, -0.2) is 0 Å². The molecule has 1 saturated heterocycles. The van der Waals surface area contributed by atoms with Crippen LogP contribution in [0.4, 0.5) is 5.69 Å². The zero-order valence-electron chi connectivity index (χ0n) is 9.23. The monoisotopic (exact) mass is 221 g/mol. The number of rotatable bonds is 3. The number of ketones is 1. The summed E-state index contributed by atoms with van der Waals surface area (Å²) < 4.78 is 10.3. The molecule has 1 unspecified atom stereocenters. The van der Waals surface area contributed by atoms with Gasteiger partial charge in [-0.15, -0.1) is 0 Å². The third kappa shape index (κ3) is 2.02. The topological polar surface area (TPSA) is 61.5 Å². The SMILES string of the molecule is COc1ccc(N)c(C(=O)C2CCOC2)c1. The molecule has 0 amide bonds. The summed E-state index contributed by atoms with van der Waals surface area (Å²) in [4.78, 5) is 12.1. The minimum absolute atomic E-state index is 0.0499. The van der Waals surface area contributed by atoms with E-state index in [-0.39, 0.29) is 11.7 Å². The number of carbonyl (C=O) groups is 1. The number of benzene rings is 1. The molecular weight excluding hydrogens is 206 g/mol. The number of nitrogen functional groups attached to an aromatic ring is 1. The van der Waals surface area contributed by atoms with Gasteiger partial charge in [-0.2, -0.15) is 0 Å². The van der Waals surface area contributed by atoms with Crippen LogP contribution >= 0.6 is 0 Å². The standard InChI is InChI=1S/C12H15NO3/c1-15-9-2-3-11(13)10(6-9)12(14)8-4-5-16-7-8/h2-3,6,8H,4-5,7,13H2,1H3. The van der Waals surface area contributed by atoms with E-state index in [1.807, 2.05) is 0 Å². The van der Waals surface area contributed by atoms with Gasteiger partial charge in [0.05, 0.1) is 13.7 Å². The average Bonchev–Trinajstić information content (AvgIpc) is 2.82. The second-order valence-electron chi connectivity index (χ2n) is 3.88. The molecule has 1 heterocycles. The highest BCUT2D eigenvalue weighted by atomic mass is 16.5. The molecule has 4 heteroatoms. The molecular formula is C12H15NO3. The van der Waals surface area contributed by atoms with Crippen molar-refractivity contribution in [1.29, 1.82) is 0 Å². The van der Waals surface area contributed by atoms with E-state index in [1.54, 1.807) is 25.3 Å². The predicted octanol–water partition coefficient (Wildman–Crippen LogP) is 1.50. The first-order valence-corrected chi connectivity index (χ1v) is 5.28. The van der Waals surface area contributed by atoms with Crippen LogP contribution < -0.4 is 10.5 Å². The Balaban J connectivity index is 2.27. The fraction of sp³-hybridized carbons (Fsp3) is 0.417. The summed E-state index contributed by atoms with van der Waals surface area (Å²) in [7, 11) is 1.57. The predicted molar refractivity (Wildman–Crippen MR) is 60.7 cm³/mol. The molecule has 2 rings (SSSR count). The van der Waals surface area contributed by atoms with Crippen LogP contribution in [0.3, 0.4) is 0 Å². The Morgan fingerprint density at radius 1 is 1.56 bits per heavy atom. The Bertz CT molecular complexity index is 397. The molecule has 1 aliphatic heterocycles. The van der Waals surface area contributed by atoms with E-state index in [1.165, 1.54) is 0 Å². The molecule has 1 fully saturated rings. The van der Waals surface area contributed by atoms with Crippen molar-refractivity contribution in [2.75, 3.05) is 26.1 Å². The maximum absolute atomic E-state index is 12.1. The Morgan fingerprint density at radius 3 is 3.00 bits per heavy atom. The van der Waals surface area contributed by atoms with Gasteiger partial charge in [-0.3, -0.25) is 4.79 Å². The number of Topliss-reactive ketones (excluding diaryl/α,β-unsaturated/α-hetero) is 1. The normalized spacial score (nSPS) is 19.7. The number of carbonyl (C=O) groups excluding carboxylic acids is 1. The van der Waals surface area contributed by atoms with Crippen LogP contribution in [0.15, 0.2) is 18.2 Å². The third-order valence-corrected chi connectivity index (χ3v) is 2.83. The van der Waals surface area contributed by atoms with Gasteiger partial charge in [0.1, 0.15) is 5.75 Å². The summed E-state index contributed by atoms with van der Waals surface area (Å²) >= 11 is 0. The zero-order valence-corrected chi connectivity index (χ0v) is 9.23. The van der Waals surface area contributed by atoms with Crippen LogP contribution in [0.2, 0.25) is 0 Å². The van der Waals surface area contributed by atoms with Crippen LogP contribution in [-0.4, -0.2) is 26.1 Å². The van der Waals surface area contributed by atoms with Crippen molar-refractivity contribution >= 4 is 11.5 Å². The third-order valence-electron chi connectivity index (χ3n) is 2.83. The van der Waals surface area contributed by atoms with E-state index in [0.717, 1.165) is 6.42 Å². The Labute approximate surface area is 94.3 Å². The van der Waals surface area contributed by atoms with E-state index >= 15 is 0 Å². The van der Waals surface area contributed by atoms with Gasteiger partial charge >= 0.3 is 0 Å². The fourth-order valence-electron chi connectivity index (χ4n) is 1.84. The second kappa shape index (κ2) is 4.53. The largest absolute Gasteiger partial charge is 0.497 e. The molecule has 0 spiro atoms. The van der Waals surface area contributed by atoms with E-state index in [4.69, 9.17) is 15.2 Å². The highest BCUT2D eigenvalue weighted by Crippen LogP contribution is 2.25. The van der Waals surface area contributed by atoms with E-state index in [9.17, 15) is 4.79 Å². The molecule has 0 aromatic heterocycles. The lowest BCUT2D eigenvalue weighted by Gasteiger charge is -2.10. The first kappa shape index (κ1) is 11.0. The quantitative estimate of drug-likeness (QED) is 0.620. The molecule has 1 aromatic rings. The smallest absolute Gasteiger partial charge is 0.170 e. The number of hydrogen-bond acceptors (Lipinski definition) is 4. The molecule has 2 N–H and O–H groups in total. The molecule has 0 aliphatic carbocycles. The van der Waals surface area contributed by atoms with Crippen LogP contribution in [0.25, 0.3) is 0 Å². The van der Waals surface area contributed by atoms with Gasteiger partial charge in [-0.05, 0) is 24.6 Å².